The summed E-state index contributed by atoms with van der Waals surface area (Å²) in [6, 6.07) is 14.5. The number of hydrogen-bond donors (Lipinski definition) is 1. The lowest BCUT2D eigenvalue weighted by atomic mass is 10.3. The van der Waals surface area contributed by atoms with Crippen LogP contribution in [0.2, 0.25) is 5.02 Å². The Morgan fingerprint density at radius 3 is 2.17 bits per heavy atom. The van der Waals surface area contributed by atoms with Crippen molar-refractivity contribution in [3.8, 4) is 5.75 Å². The molecular weight excluding hydrogens is 450 g/mol. The van der Waals surface area contributed by atoms with E-state index in [9.17, 15) is 16.8 Å². The monoisotopic (exact) mass is 469 g/mol. The van der Waals surface area contributed by atoms with Crippen LogP contribution in [0.15, 0.2) is 81.1 Å². The van der Waals surface area contributed by atoms with Crippen LogP contribution in [-0.2, 0) is 19.9 Å². The molecular formula is C20H20ClNO6S2. The Kier molecular flexibility index (Phi) is 6.87. The van der Waals surface area contributed by atoms with Crippen molar-refractivity contribution in [2.24, 2.45) is 0 Å². The number of benzene rings is 2. The lowest BCUT2D eigenvalue weighted by molar-refractivity contribution is 0.340. The average Bonchev–Trinajstić information content (AvgIpc) is 3.23. The molecule has 7 nitrogen and oxygen atoms in total. The van der Waals surface area contributed by atoms with Gasteiger partial charge in [-0.25, -0.2) is 21.6 Å². The van der Waals surface area contributed by atoms with E-state index in [0.717, 1.165) is 0 Å². The summed E-state index contributed by atoms with van der Waals surface area (Å²) in [6.07, 6.45) is 1.33. The van der Waals surface area contributed by atoms with Crippen molar-refractivity contribution < 1.29 is 26.0 Å². The highest BCUT2D eigenvalue weighted by Crippen LogP contribution is 2.30. The molecule has 1 atom stereocenters. The van der Waals surface area contributed by atoms with Crippen molar-refractivity contribution in [2.75, 3.05) is 13.2 Å². The first-order valence-electron chi connectivity index (χ1n) is 8.99. The van der Waals surface area contributed by atoms with Crippen LogP contribution in [0.25, 0.3) is 0 Å². The van der Waals surface area contributed by atoms with Gasteiger partial charge < -0.3 is 9.15 Å². The maximum absolute atomic E-state index is 13.2. The van der Waals surface area contributed by atoms with Gasteiger partial charge in [0.1, 0.15) is 16.8 Å². The molecule has 0 aliphatic rings. The van der Waals surface area contributed by atoms with E-state index in [1.54, 1.807) is 6.07 Å². The molecule has 10 heteroatoms. The maximum Gasteiger partial charge on any atom is 0.240 e. The Labute approximate surface area is 180 Å². The number of ether oxygens (including phenoxy) is 1. The second-order valence-electron chi connectivity index (χ2n) is 6.26. The molecule has 0 radical (unpaired) electrons. The third-order valence-corrected chi connectivity index (χ3v) is 8.05. The van der Waals surface area contributed by atoms with Crippen molar-refractivity contribution >= 4 is 31.5 Å². The van der Waals surface area contributed by atoms with E-state index >= 15 is 0 Å². The van der Waals surface area contributed by atoms with Crippen molar-refractivity contribution in [2.45, 2.75) is 22.0 Å². The molecule has 0 aliphatic heterocycles. The number of rotatable bonds is 9. The first-order valence-corrected chi connectivity index (χ1v) is 12.4. The molecule has 0 amide bonds. The zero-order chi connectivity index (χ0) is 21.8. The van der Waals surface area contributed by atoms with E-state index in [1.807, 2.05) is 6.92 Å². The van der Waals surface area contributed by atoms with E-state index in [-0.39, 0.29) is 15.6 Å². The molecule has 0 fully saturated rings. The Bertz CT molecular complexity index is 1170. The second-order valence-corrected chi connectivity index (χ2v) is 10.6. The molecule has 1 aromatic heterocycles. The quantitative estimate of drug-likeness (QED) is 0.511. The van der Waals surface area contributed by atoms with E-state index in [1.165, 1.54) is 60.9 Å². The number of sulfone groups is 1. The number of halogens is 1. The van der Waals surface area contributed by atoms with Crippen LogP contribution in [0.4, 0.5) is 0 Å². The summed E-state index contributed by atoms with van der Waals surface area (Å²) in [5.74, 6) is 0.662. The summed E-state index contributed by atoms with van der Waals surface area (Å²) in [5.41, 5.74) is 0. The molecule has 0 bridgehead atoms. The van der Waals surface area contributed by atoms with Crippen LogP contribution in [-0.4, -0.2) is 30.0 Å². The predicted octanol–water partition coefficient (Wildman–Crippen LogP) is 3.83. The third-order valence-electron chi connectivity index (χ3n) is 4.28. The summed E-state index contributed by atoms with van der Waals surface area (Å²) in [6.45, 7) is 1.87. The molecule has 0 aliphatic carbocycles. The van der Waals surface area contributed by atoms with Gasteiger partial charge in [-0.2, -0.15) is 0 Å². The van der Waals surface area contributed by atoms with Crippen LogP contribution < -0.4 is 9.46 Å². The highest BCUT2D eigenvalue weighted by atomic mass is 35.5. The smallest absolute Gasteiger partial charge is 0.240 e. The summed E-state index contributed by atoms with van der Waals surface area (Å²) in [5, 5.41) is -0.870. The molecule has 0 saturated heterocycles. The van der Waals surface area contributed by atoms with Crippen molar-refractivity contribution in [3.63, 3.8) is 0 Å². The van der Waals surface area contributed by atoms with E-state index in [2.05, 4.69) is 4.72 Å². The van der Waals surface area contributed by atoms with Gasteiger partial charge in [0, 0.05) is 11.6 Å². The molecule has 1 N–H and O–H groups in total. The number of sulfonamides is 1. The average molecular weight is 470 g/mol. The minimum atomic E-state index is -3.96. The zero-order valence-corrected chi connectivity index (χ0v) is 18.4. The van der Waals surface area contributed by atoms with Crippen molar-refractivity contribution in [1.29, 1.82) is 0 Å². The predicted molar refractivity (Wildman–Crippen MR) is 113 cm³/mol. The summed E-state index contributed by atoms with van der Waals surface area (Å²) < 4.78 is 64.7. The molecule has 2 aromatic carbocycles. The molecule has 3 rings (SSSR count). The van der Waals surface area contributed by atoms with Crippen LogP contribution in [0.1, 0.15) is 17.9 Å². The summed E-state index contributed by atoms with van der Waals surface area (Å²) in [4.78, 5) is 0.00149. The molecule has 0 spiro atoms. The highest BCUT2D eigenvalue weighted by Gasteiger charge is 2.33. The van der Waals surface area contributed by atoms with Gasteiger partial charge in [0.2, 0.25) is 10.0 Å². The van der Waals surface area contributed by atoms with Gasteiger partial charge in [-0.3, -0.25) is 0 Å². The summed E-state index contributed by atoms with van der Waals surface area (Å²) >= 11 is 5.85. The Morgan fingerprint density at radius 1 is 0.967 bits per heavy atom. The van der Waals surface area contributed by atoms with Gasteiger partial charge in [0.05, 0.1) is 22.7 Å². The third kappa shape index (κ3) is 5.04. The standard InChI is InChI=1S/C20H20ClNO6S2/c1-2-27-16-7-11-18(12-8-16)30(25,26)22-14-20(19-4-3-13-28-19)29(23,24)17-9-5-15(21)6-10-17/h3-13,20,22H,2,14H2,1H3/t20-/m1/s1. The molecule has 30 heavy (non-hydrogen) atoms. The fourth-order valence-electron chi connectivity index (χ4n) is 2.78. The molecule has 0 unspecified atom stereocenters. The molecule has 160 valence electrons. The molecule has 1 heterocycles. The topological polar surface area (TPSA) is 103 Å². The van der Waals surface area contributed by atoms with Gasteiger partial charge in [-0.1, -0.05) is 11.6 Å². The lowest BCUT2D eigenvalue weighted by Gasteiger charge is -2.17. The number of nitrogens with one attached hydrogen (secondary N) is 1. The Hall–Kier alpha value is -2.33. The SMILES string of the molecule is CCOc1ccc(S(=O)(=O)NC[C@H](c2ccco2)S(=O)(=O)c2ccc(Cl)cc2)cc1. The lowest BCUT2D eigenvalue weighted by Crippen LogP contribution is -2.31. The maximum atomic E-state index is 13.2. The minimum Gasteiger partial charge on any atom is -0.494 e. The number of furan rings is 1. The van der Waals surface area contributed by atoms with Gasteiger partial charge in [0.15, 0.2) is 9.84 Å². The fourth-order valence-corrected chi connectivity index (χ4v) is 5.64. The minimum absolute atomic E-state index is 0.00645. The normalized spacial score (nSPS) is 13.1. The Balaban J connectivity index is 1.86. The van der Waals surface area contributed by atoms with Gasteiger partial charge in [-0.05, 0) is 67.6 Å². The van der Waals surface area contributed by atoms with Crippen LogP contribution in [0.5, 0.6) is 5.75 Å². The van der Waals surface area contributed by atoms with Gasteiger partial charge >= 0.3 is 0 Å². The molecule has 0 saturated carbocycles. The fraction of sp³-hybridized carbons (Fsp3) is 0.200. The first-order chi connectivity index (χ1) is 14.2. The second kappa shape index (κ2) is 9.22. The molecule has 3 aromatic rings. The van der Waals surface area contributed by atoms with Gasteiger partial charge in [-0.15, -0.1) is 0 Å². The van der Waals surface area contributed by atoms with Crippen molar-refractivity contribution in [3.05, 3.63) is 77.7 Å². The van der Waals surface area contributed by atoms with Crippen molar-refractivity contribution in [1.82, 2.24) is 4.72 Å². The van der Waals surface area contributed by atoms with E-state index in [0.29, 0.717) is 17.4 Å². The summed E-state index contributed by atoms with van der Waals surface area (Å²) in [7, 11) is -7.92. The van der Waals surface area contributed by atoms with Crippen LogP contribution >= 0.6 is 11.6 Å². The van der Waals surface area contributed by atoms with Crippen LogP contribution in [0.3, 0.4) is 0 Å². The van der Waals surface area contributed by atoms with Gasteiger partial charge in [0.25, 0.3) is 0 Å². The van der Waals surface area contributed by atoms with Crippen LogP contribution in [0, 0.1) is 0 Å². The largest absolute Gasteiger partial charge is 0.494 e. The van der Waals surface area contributed by atoms with E-state index < -0.39 is 31.7 Å². The number of hydrogen-bond acceptors (Lipinski definition) is 6. The Morgan fingerprint density at radius 2 is 1.60 bits per heavy atom. The first kappa shape index (κ1) is 22.4. The highest BCUT2D eigenvalue weighted by molar-refractivity contribution is 7.92. The van der Waals surface area contributed by atoms with E-state index in [4.69, 9.17) is 20.8 Å². The zero-order valence-electron chi connectivity index (χ0n) is 16.0.